The average molecular weight is 336 g/mol. The van der Waals surface area contributed by atoms with E-state index in [9.17, 15) is 4.79 Å². The first kappa shape index (κ1) is 15.3. The Kier molecular flexibility index (Phi) is 4.07. The number of carbonyl (C=O) groups is 1. The minimum Gasteiger partial charge on any atom is -0.472 e. The summed E-state index contributed by atoms with van der Waals surface area (Å²) in [7, 11) is 0. The number of nitrogens with zero attached hydrogens (tertiary/aromatic N) is 6. The van der Waals surface area contributed by atoms with E-state index in [-0.39, 0.29) is 12.0 Å². The standard InChI is InChI=1S/C17H16N6O2/c24-17(15-10-20-23(21-15)13-4-2-1-3-5-13)22-9-7-14(11-22)25-16-6-8-18-12-19-16/h1-6,8,10,12,14H,7,9,11H2/t14-/m0/s1. The largest absolute Gasteiger partial charge is 0.472 e. The number of hydrogen-bond acceptors (Lipinski definition) is 6. The Hall–Kier alpha value is -3.29. The van der Waals surface area contributed by atoms with Crippen LogP contribution in [0.3, 0.4) is 0 Å². The van der Waals surface area contributed by atoms with Crippen LogP contribution in [-0.2, 0) is 0 Å². The third kappa shape index (κ3) is 3.32. The number of aromatic nitrogens is 5. The van der Waals surface area contributed by atoms with Gasteiger partial charge in [-0.05, 0) is 12.1 Å². The fourth-order valence-electron chi connectivity index (χ4n) is 2.74. The molecule has 0 radical (unpaired) electrons. The van der Waals surface area contributed by atoms with Gasteiger partial charge in [0.15, 0.2) is 5.69 Å². The zero-order chi connectivity index (χ0) is 17.1. The second-order valence-electron chi connectivity index (χ2n) is 5.68. The molecule has 1 atom stereocenters. The smallest absolute Gasteiger partial charge is 0.276 e. The molecule has 8 heteroatoms. The molecule has 1 aromatic carbocycles. The summed E-state index contributed by atoms with van der Waals surface area (Å²) >= 11 is 0. The molecule has 1 amide bonds. The molecule has 0 bridgehead atoms. The fraction of sp³-hybridized carbons (Fsp3) is 0.235. The molecule has 0 N–H and O–H groups in total. The van der Waals surface area contributed by atoms with Gasteiger partial charge in [0.05, 0.1) is 18.4 Å². The Morgan fingerprint density at radius 3 is 2.88 bits per heavy atom. The van der Waals surface area contributed by atoms with Gasteiger partial charge in [-0.2, -0.15) is 9.90 Å². The van der Waals surface area contributed by atoms with Crippen molar-refractivity contribution in [2.24, 2.45) is 0 Å². The quantitative estimate of drug-likeness (QED) is 0.715. The Labute approximate surface area is 144 Å². The van der Waals surface area contributed by atoms with E-state index in [0.29, 0.717) is 24.7 Å². The minimum absolute atomic E-state index is 0.0805. The van der Waals surface area contributed by atoms with E-state index in [2.05, 4.69) is 20.2 Å². The molecule has 1 aliphatic rings. The molecule has 0 saturated carbocycles. The van der Waals surface area contributed by atoms with Crippen molar-refractivity contribution in [3.05, 3.63) is 60.8 Å². The van der Waals surface area contributed by atoms with Crippen molar-refractivity contribution in [2.45, 2.75) is 12.5 Å². The third-order valence-corrected chi connectivity index (χ3v) is 3.97. The van der Waals surface area contributed by atoms with Crippen LogP contribution in [-0.4, -0.2) is 55.0 Å². The van der Waals surface area contributed by atoms with Crippen molar-refractivity contribution in [3.63, 3.8) is 0 Å². The van der Waals surface area contributed by atoms with Gasteiger partial charge in [-0.3, -0.25) is 4.79 Å². The van der Waals surface area contributed by atoms with E-state index in [1.807, 2.05) is 30.3 Å². The van der Waals surface area contributed by atoms with E-state index in [0.717, 1.165) is 12.1 Å². The molecule has 0 aliphatic carbocycles. The molecule has 3 heterocycles. The monoisotopic (exact) mass is 336 g/mol. The first-order valence-electron chi connectivity index (χ1n) is 7.99. The van der Waals surface area contributed by atoms with Crippen molar-refractivity contribution >= 4 is 5.91 Å². The molecule has 4 rings (SSSR count). The van der Waals surface area contributed by atoms with E-state index < -0.39 is 0 Å². The summed E-state index contributed by atoms with van der Waals surface area (Å²) < 4.78 is 5.78. The molecule has 25 heavy (non-hydrogen) atoms. The van der Waals surface area contributed by atoms with Gasteiger partial charge in [0.2, 0.25) is 5.88 Å². The number of amides is 1. The van der Waals surface area contributed by atoms with Crippen LogP contribution in [0, 0.1) is 0 Å². The van der Waals surface area contributed by atoms with Gasteiger partial charge in [0, 0.05) is 25.2 Å². The Morgan fingerprint density at radius 2 is 2.08 bits per heavy atom. The molecule has 1 aliphatic heterocycles. The van der Waals surface area contributed by atoms with Crippen LogP contribution in [0.15, 0.2) is 55.1 Å². The summed E-state index contributed by atoms with van der Waals surface area (Å²) in [6.07, 6.45) is 5.23. The fourth-order valence-corrected chi connectivity index (χ4v) is 2.74. The highest BCUT2D eigenvalue weighted by Gasteiger charge is 2.30. The minimum atomic E-state index is -0.143. The molecular formula is C17H16N6O2. The third-order valence-electron chi connectivity index (χ3n) is 3.97. The molecule has 126 valence electrons. The Balaban J connectivity index is 1.41. The first-order chi connectivity index (χ1) is 12.3. The first-order valence-corrected chi connectivity index (χ1v) is 7.99. The predicted octanol–water partition coefficient (Wildman–Crippen LogP) is 1.35. The summed E-state index contributed by atoms with van der Waals surface area (Å²) in [6, 6.07) is 11.2. The number of para-hydroxylation sites is 1. The van der Waals surface area contributed by atoms with Gasteiger partial charge in [-0.15, -0.1) is 5.10 Å². The van der Waals surface area contributed by atoms with Crippen LogP contribution in [0.25, 0.3) is 5.69 Å². The second kappa shape index (κ2) is 6.68. The molecule has 1 fully saturated rings. The summed E-state index contributed by atoms with van der Waals surface area (Å²) in [6.45, 7) is 1.12. The number of rotatable bonds is 4. The lowest BCUT2D eigenvalue weighted by Gasteiger charge is -2.15. The molecule has 0 unspecified atom stereocenters. The van der Waals surface area contributed by atoms with Crippen molar-refractivity contribution in [1.29, 1.82) is 0 Å². The lowest BCUT2D eigenvalue weighted by atomic mass is 10.3. The number of likely N-dealkylation sites (tertiary alicyclic amines) is 1. The zero-order valence-electron chi connectivity index (χ0n) is 13.4. The number of benzene rings is 1. The lowest BCUT2D eigenvalue weighted by molar-refractivity contribution is 0.0765. The van der Waals surface area contributed by atoms with Gasteiger partial charge in [-0.25, -0.2) is 9.97 Å². The topological polar surface area (TPSA) is 86.0 Å². The predicted molar refractivity (Wildman–Crippen MR) is 88.3 cm³/mol. The Morgan fingerprint density at radius 1 is 1.20 bits per heavy atom. The van der Waals surface area contributed by atoms with Crippen LogP contribution in [0.5, 0.6) is 5.88 Å². The number of hydrogen-bond donors (Lipinski definition) is 0. The van der Waals surface area contributed by atoms with Gasteiger partial charge in [0.25, 0.3) is 5.91 Å². The molecule has 3 aromatic rings. The average Bonchev–Trinajstić information content (AvgIpc) is 3.33. The van der Waals surface area contributed by atoms with Crippen molar-refractivity contribution < 1.29 is 9.53 Å². The highest BCUT2D eigenvalue weighted by Crippen LogP contribution is 2.17. The molecule has 8 nitrogen and oxygen atoms in total. The van der Waals surface area contributed by atoms with Crippen molar-refractivity contribution in [3.8, 4) is 11.6 Å². The summed E-state index contributed by atoms with van der Waals surface area (Å²) in [4.78, 5) is 23.7. The van der Waals surface area contributed by atoms with E-state index >= 15 is 0 Å². The summed E-state index contributed by atoms with van der Waals surface area (Å²) in [5.74, 6) is 0.375. The number of ether oxygens (including phenoxy) is 1. The molecule has 1 saturated heterocycles. The maximum absolute atomic E-state index is 12.6. The van der Waals surface area contributed by atoms with Gasteiger partial charge < -0.3 is 9.64 Å². The molecule has 0 spiro atoms. The van der Waals surface area contributed by atoms with Crippen LogP contribution >= 0.6 is 0 Å². The maximum Gasteiger partial charge on any atom is 0.276 e. The van der Waals surface area contributed by atoms with E-state index in [4.69, 9.17) is 4.74 Å². The van der Waals surface area contributed by atoms with E-state index in [1.165, 1.54) is 17.3 Å². The van der Waals surface area contributed by atoms with Crippen LogP contribution in [0.1, 0.15) is 16.9 Å². The normalized spacial score (nSPS) is 16.8. The summed E-state index contributed by atoms with van der Waals surface area (Å²) in [5.41, 5.74) is 1.14. The lowest BCUT2D eigenvalue weighted by Crippen LogP contribution is -2.31. The van der Waals surface area contributed by atoms with Gasteiger partial charge in [0.1, 0.15) is 12.4 Å². The van der Waals surface area contributed by atoms with Crippen molar-refractivity contribution in [1.82, 2.24) is 29.9 Å². The zero-order valence-corrected chi connectivity index (χ0v) is 13.4. The molecular weight excluding hydrogens is 320 g/mol. The van der Waals surface area contributed by atoms with Crippen molar-refractivity contribution in [2.75, 3.05) is 13.1 Å². The van der Waals surface area contributed by atoms with Gasteiger partial charge >= 0.3 is 0 Å². The Bertz CT molecular complexity index is 852. The summed E-state index contributed by atoms with van der Waals surface area (Å²) in [5, 5.41) is 8.46. The van der Waals surface area contributed by atoms with Crippen LogP contribution in [0.2, 0.25) is 0 Å². The second-order valence-corrected chi connectivity index (χ2v) is 5.68. The van der Waals surface area contributed by atoms with Crippen LogP contribution < -0.4 is 4.74 Å². The molecule has 2 aromatic heterocycles. The SMILES string of the molecule is O=C(c1cnn(-c2ccccc2)n1)N1CC[C@H](Oc2ccncn2)C1. The van der Waals surface area contributed by atoms with E-state index in [1.54, 1.807) is 17.2 Å². The maximum atomic E-state index is 12.6. The highest BCUT2D eigenvalue weighted by atomic mass is 16.5. The number of carbonyl (C=O) groups excluding carboxylic acids is 1. The highest BCUT2D eigenvalue weighted by molar-refractivity contribution is 5.92. The van der Waals surface area contributed by atoms with Gasteiger partial charge in [-0.1, -0.05) is 18.2 Å². The van der Waals surface area contributed by atoms with Crippen LogP contribution in [0.4, 0.5) is 0 Å².